The Balaban J connectivity index is 1.90. The molecule has 0 aromatic rings. The van der Waals surface area contributed by atoms with Gasteiger partial charge in [0.25, 0.3) is 5.84 Å². The van der Waals surface area contributed by atoms with Gasteiger partial charge in [-0.3, -0.25) is 9.59 Å². The lowest BCUT2D eigenvalue weighted by molar-refractivity contribution is -0.407. The molecule has 1 fully saturated rings. The normalized spacial score (nSPS) is 23.1. The van der Waals surface area contributed by atoms with Crippen LogP contribution in [-0.2, 0) is 9.59 Å². The van der Waals surface area contributed by atoms with Crippen molar-refractivity contribution in [3.8, 4) is 0 Å². The Morgan fingerprint density at radius 3 is 2.46 bits per heavy atom. The number of fused-ring (bicyclic) bond motifs is 1. The minimum atomic E-state index is -0.729. The van der Waals surface area contributed by atoms with Gasteiger partial charge in [0.1, 0.15) is 5.04 Å². The number of carbonyl (C=O) groups is 3. The van der Waals surface area contributed by atoms with Crippen LogP contribution in [0.25, 0.3) is 0 Å². The van der Waals surface area contributed by atoms with Crippen molar-refractivity contribution in [2.45, 2.75) is 40.0 Å². The molecular weight excluding hydrogens is 378 g/mol. The second-order valence-corrected chi connectivity index (χ2v) is 9.62. The predicted molar refractivity (Wildman–Crippen MR) is 110 cm³/mol. The molecule has 0 N–H and O–H groups in total. The SMILES string of the molecule is CN1C(=O)C2C(SCC(=O)N3CCCC3)=NC(CC(C)(C)C)=NC2=[N+](C)C1=O. The topological polar surface area (TPSA) is 85.4 Å². The van der Waals surface area contributed by atoms with Crippen LogP contribution < -0.4 is 0 Å². The number of nitrogens with zero attached hydrogens (tertiary/aromatic N) is 5. The van der Waals surface area contributed by atoms with Crippen LogP contribution in [0.4, 0.5) is 4.79 Å². The number of rotatable bonds is 3. The van der Waals surface area contributed by atoms with E-state index in [2.05, 4.69) is 30.8 Å². The van der Waals surface area contributed by atoms with Crippen LogP contribution in [0.3, 0.4) is 0 Å². The first-order chi connectivity index (χ1) is 13.1. The van der Waals surface area contributed by atoms with E-state index in [1.807, 2.05) is 4.90 Å². The molecule has 1 unspecified atom stereocenters. The van der Waals surface area contributed by atoms with E-state index in [-0.39, 0.29) is 23.0 Å². The summed E-state index contributed by atoms with van der Waals surface area (Å²) >= 11 is 1.29. The Bertz CT molecular complexity index is 803. The first-order valence-electron chi connectivity index (χ1n) is 9.57. The third-order valence-corrected chi connectivity index (χ3v) is 5.99. The standard InChI is InChI=1S/C19H28N5O3S/c1-19(2,3)10-12-20-15-14(17(26)23(5)18(27)22(15)4)16(21-12)28-11-13(25)24-8-6-7-9-24/h14H,6-11H2,1-5H3/q+1. The van der Waals surface area contributed by atoms with Gasteiger partial charge in [-0.15, -0.1) is 0 Å². The van der Waals surface area contributed by atoms with Crippen LogP contribution in [0.2, 0.25) is 0 Å². The fourth-order valence-electron chi connectivity index (χ4n) is 3.48. The monoisotopic (exact) mass is 406 g/mol. The van der Waals surface area contributed by atoms with Crippen molar-refractivity contribution < 1.29 is 19.0 Å². The minimum Gasteiger partial charge on any atom is -0.342 e. The number of carbonyl (C=O) groups excluding carboxylic acids is 3. The van der Waals surface area contributed by atoms with Crippen molar-refractivity contribution in [3.63, 3.8) is 0 Å². The molecule has 3 aliphatic rings. The average Bonchev–Trinajstić information content (AvgIpc) is 3.15. The number of imide groups is 1. The molecule has 0 spiro atoms. The lowest BCUT2D eigenvalue weighted by atomic mass is 9.91. The highest BCUT2D eigenvalue weighted by Crippen LogP contribution is 2.29. The Morgan fingerprint density at radius 1 is 1.21 bits per heavy atom. The van der Waals surface area contributed by atoms with Crippen molar-refractivity contribution in [2.75, 3.05) is 32.9 Å². The Morgan fingerprint density at radius 2 is 1.86 bits per heavy atom. The molecule has 28 heavy (non-hydrogen) atoms. The van der Waals surface area contributed by atoms with E-state index in [1.54, 1.807) is 7.05 Å². The van der Waals surface area contributed by atoms with Crippen molar-refractivity contribution >= 4 is 46.3 Å². The minimum absolute atomic E-state index is 0.0467. The molecule has 4 amide bonds. The fraction of sp³-hybridized carbons (Fsp3) is 0.684. The molecule has 0 bridgehead atoms. The van der Waals surface area contributed by atoms with Gasteiger partial charge in [0.15, 0.2) is 5.92 Å². The number of hydrogen-bond acceptors (Lipinski definition) is 6. The fourth-order valence-corrected chi connectivity index (χ4v) is 4.48. The maximum absolute atomic E-state index is 12.8. The number of thioether (sulfide) groups is 1. The van der Waals surface area contributed by atoms with Crippen LogP contribution in [0, 0.1) is 11.3 Å². The molecule has 0 aromatic heterocycles. The van der Waals surface area contributed by atoms with Gasteiger partial charge in [-0.2, -0.15) is 9.48 Å². The quantitative estimate of drug-likeness (QED) is 0.670. The number of aliphatic imine (C=N–C) groups is 2. The Hall–Kier alpha value is -2.03. The first-order valence-corrected chi connectivity index (χ1v) is 10.6. The van der Waals surface area contributed by atoms with Crippen LogP contribution in [0.15, 0.2) is 9.98 Å². The molecule has 8 nitrogen and oxygen atoms in total. The maximum Gasteiger partial charge on any atom is 0.445 e. The summed E-state index contributed by atoms with van der Waals surface area (Å²) < 4.78 is 1.41. The highest BCUT2D eigenvalue weighted by molar-refractivity contribution is 8.14. The molecule has 3 rings (SSSR count). The van der Waals surface area contributed by atoms with Crippen molar-refractivity contribution in [1.82, 2.24) is 9.80 Å². The summed E-state index contributed by atoms with van der Waals surface area (Å²) in [7, 11) is 3.08. The largest absolute Gasteiger partial charge is 0.445 e. The summed E-state index contributed by atoms with van der Waals surface area (Å²) in [6.07, 6.45) is 2.69. The zero-order chi connectivity index (χ0) is 20.6. The number of hydrogen-bond donors (Lipinski definition) is 0. The van der Waals surface area contributed by atoms with Gasteiger partial charge < -0.3 is 4.90 Å². The maximum atomic E-state index is 12.8. The third-order valence-electron chi connectivity index (χ3n) is 4.97. The predicted octanol–water partition coefficient (Wildman–Crippen LogP) is 1.84. The first kappa shape index (κ1) is 20.7. The van der Waals surface area contributed by atoms with Gasteiger partial charge in [-0.25, -0.2) is 9.79 Å². The molecule has 0 radical (unpaired) electrons. The zero-order valence-electron chi connectivity index (χ0n) is 17.2. The molecule has 152 valence electrons. The lowest BCUT2D eigenvalue weighted by Crippen LogP contribution is -2.54. The van der Waals surface area contributed by atoms with E-state index < -0.39 is 11.9 Å². The van der Waals surface area contributed by atoms with Crippen LogP contribution in [0.5, 0.6) is 0 Å². The summed E-state index contributed by atoms with van der Waals surface area (Å²) in [4.78, 5) is 49.8. The van der Waals surface area contributed by atoms with Crippen LogP contribution in [-0.4, -0.2) is 81.9 Å². The third kappa shape index (κ3) is 4.19. The average molecular weight is 407 g/mol. The molecule has 9 heteroatoms. The molecule has 1 atom stereocenters. The molecule has 0 aliphatic carbocycles. The molecule has 0 saturated carbocycles. The van der Waals surface area contributed by atoms with Gasteiger partial charge in [-0.05, 0) is 18.3 Å². The van der Waals surface area contributed by atoms with Gasteiger partial charge in [0, 0.05) is 19.5 Å². The summed E-state index contributed by atoms with van der Waals surface area (Å²) in [5.41, 5.74) is -0.0467. The van der Waals surface area contributed by atoms with Crippen molar-refractivity contribution in [3.05, 3.63) is 0 Å². The van der Waals surface area contributed by atoms with E-state index in [4.69, 9.17) is 0 Å². The Labute approximate surface area is 169 Å². The van der Waals surface area contributed by atoms with E-state index in [9.17, 15) is 14.4 Å². The molecule has 0 aromatic carbocycles. The summed E-state index contributed by atoms with van der Waals surface area (Å²) in [6, 6.07) is -0.408. The smallest absolute Gasteiger partial charge is 0.342 e. The van der Waals surface area contributed by atoms with E-state index in [1.165, 1.54) is 23.4 Å². The lowest BCUT2D eigenvalue weighted by Gasteiger charge is -2.27. The van der Waals surface area contributed by atoms with Gasteiger partial charge in [-0.1, -0.05) is 37.5 Å². The van der Waals surface area contributed by atoms with E-state index in [0.29, 0.717) is 23.1 Å². The zero-order valence-corrected chi connectivity index (χ0v) is 18.0. The number of urea groups is 1. The highest BCUT2D eigenvalue weighted by Gasteiger charge is 2.49. The highest BCUT2D eigenvalue weighted by atomic mass is 32.2. The number of amides is 4. The van der Waals surface area contributed by atoms with Gasteiger partial charge >= 0.3 is 11.9 Å². The van der Waals surface area contributed by atoms with Crippen molar-refractivity contribution in [2.24, 2.45) is 21.3 Å². The molecule has 3 heterocycles. The molecule has 3 aliphatic heterocycles. The van der Waals surface area contributed by atoms with E-state index >= 15 is 0 Å². The van der Waals surface area contributed by atoms with Crippen molar-refractivity contribution in [1.29, 1.82) is 0 Å². The molecular formula is C19H28N5O3S+. The van der Waals surface area contributed by atoms with Crippen LogP contribution >= 0.6 is 11.8 Å². The van der Waals surface area contributed by atoms with Crippen LogP contribution in [0.1, 0.15) is 40.0 Å². The number of likely N-dealkylation sites (tertiary alicyclic amines) is 1. The second kappa shape index (κ2) is 7.77. The summed E-state index contributed by atoms with van der Waals surface area (Å²) in [6.45, 7) is 7.84. The van der Waals surface area contributed by atoms with E-state index in [0.717, 1.165) is 30.8 Å². The van der Waals surface area contributed by atoms with Gasteiger partial charge in [0.05, 0.1) is 19.8 Å². The number of amidine groups is 2. The van der Waals surface area contributed by atoms with Gasteiger partial charge in [0.2, 0.25) is 11.7 Å². The molecule has 1 saturated heterocycles. The second-order valence-electron chi connectivity index (χ2n) is 8.62. The summed E-state index contributed by atoms with van der Waals surface area (Å²) in [5.74, 6) is 0.211. The Kier molecular flexibility index (Phi) is 5.74. The summed E-state index contributed by atoms with van der Waals surface area (Å²) in [5, 5.41) is 0.549.